The highest BCUT2D eigenvalue weighted by molar-refractivity contribution is 4.86. The van der Waals surface area contributed by atoms with Gasteiger partial charge in [-0.25, -0.2) is 0 Å². The van der Waals surface area contributed by atoms with E-state index in [1.54, 1.807) is 0 Å². The molecule has 0 bridgehead atoms. The van der Waals surface area contributed by atoms with Crippen molar-refractivity contribution < 1.29 is 0 Å². The molecule has 126 valence electrons. The molecule has 0 aromatic carbocycles. The van der Waals surface area contributed by atoms with E-state index in [0.29, 0.717) is 11.5 Å². The quantitative estimate of drug-likeness (QED) is 0.668. The summed E-state index contributed by atoms with van der Waals surface area (Å²) in [6.07, 6.45) is 5.28. The van der Waals surface area contributed by atoms with Crippen LogP contribution >= 0.6 is 0 Å². The number of nitrogens with zero attached hydrogens (tertiary/aromatic N) is 2. The lowest BCUT2D eigenvalue weighted by atomic mass is 9.81. The smallest absolute Gasteiger partial charge is 0.0223 e. The third-order valence-electron chi connectivity index (χ3n) is 5.42. The van der Waals surface area contributed by atoms with Gasteiger partial charge in [0.25, 0.3) is 0 Å². The second-order valence-electron chi connectivity index (χ2n) is 7.36. The first-order valence-electron chi connectivity index (χ1n) is 9.12. The number of likely N-dealkylation sites (tertiary alicyclic amines) is 1. The second kappa shape index (κ2) is 9.12. The minimum Gasteiger partial charge on any atom is -0.314 e. The van der Waals surface area contributed by atoms with Crippen LogP contribution in [0.2, 0.25) is 0 Å². The minimum atomic E-state index is 0.425. The van der Waals surface area contributed by atoms with Crippen LogP contribution in [-0.2, 0) is 0 Å². The van der Waals surface area contributed by atoms with E-state index in [1.165, 1.54) is 51.9 Å². The van der Waals surface area contributed by atoms with Gasteiger partial charge in [-0.3, -0.25) is 4.90 Å². The molecule has 1 atom stereocenters. The van der Waals surface area contributed by atoms with Crippen molar-refractivity contribution in [2.24, 2.45) is 5.41 Å². The lowest BCUT2D eigenvalue weighted by Crippen LogP contribution is -2.47. The van der Waals surface area contributed by atoms with Gasteiger partial charge >= 0.3 is 0 Å². The third-order valence-corrected chi connectivity index (χ3v) is 5.42. The van der Waals surface area contributed by atoms with Crippen molar-refractivity contribution in [3.63, 3.8) is 0 Å². The number of nitrogens with one attached hydrogen (secondary N) is 1. The summed E-state index contributed by atoms with van der Waals surface area (Å²) in [4.78, 5) is 5.25. The van der Waals surface area contributed by atoms with E-state index < -0.39 is 0 Å². The van der Waals surface area contributed by atoms with Crippen molar-refractivity contribution in [1.82, 2.24) is 15.1 Å². The van der Waals surface area contributed by atoms with Crippen LogP contribution in [0.4, 0.5) is 0 Å². The van der Waals surface area contributed by atoms with Gasteiger partial charge in [-0.05, 0) is 51.2 Å². The van der Waals surface area contributed by atoms with Gasteiger partial charge in [0.05, 0.1) is 0 Å². The average molecular weight is 298 g/mol. The van der Waals surface area contributed by atoms with Crippen molar-refractivity contribution >= 4 is 0 Å². The van der Waals surface area contributed by atoms with Gasteiger partial charge in [0.1, 0.15) is 0 Å². The van der Waals surface area contributed by atoms with Crippen LogP contribution in [0.3, 0.4) is 0 Å². The molecule has 3 nitrogen and oxygen atoms in total. The Labute approximate surface area is 133 Å². The monoisotopic (exact) mass is 297 g/mol. The molecule has 1 N–H and O–H groups in total. The Bertz CT molecular complexity index is 274. The zero-order valence-electron chi connectivity index (χ0n) is 15.4. The SMILES string of the molecule is CCN1CCCC1CN(C)CC(CC)(CC)CNC(C)C. The molecular formula is C18H39N3. The van der Waals surface area contributed by atoms with Gasteiger partial charge in [-0.1, -0.05) is 34.6 Å². The van der Waals surface area contributed by atoms with Crippen LogP contribution in [0, 0.1) is 5.41 Å². The van der Waals surface area contributed by atoms with Gasteiger partial charge in [0.15, 0.2) is 0 Å². The molecule has 1 aliphatic heterocycles. The zero-order chi connectivity index (χ0) is 15.9. The average Bonchev–Trinajstić information content (AvgIpc) is 2.90. The molecular weight excluding hydrogens is 258 g/mol. The summed E-state index contributed by atoms with van der Waals surface area (Å²) in [5, 5.41) is 3.67. The Balaban J connectivity index is 2.53. The molecule has 1 aliphatic rings. The van der Waals surface area contributed by atoms with E-state index in [1.807, 2.05) is 0 Å². The van der Waals surface area contributed by atoms with Crippen LogP contribution in [0.15, 0.2) is 0 Å². The van der Waals surface area contributed by atoms with E-state index in [-0.39, 0.29) is 0 Å². The fourth-order valence-corrected chi connectivity index (χ4v) is 3.72. The highest BCUT2D eigenvalue weighted by Crippen LogP contribution is 2.27. The standard InChI is InChI=1S/C18H39N3/c1-7-18(8-2,14-19-16(4)5)15-20(6)13-17-11-10-12-21(17)9-3/h16-17,19H,7-15H2,1-6H3. The van der Waals surface area contributed by atoms with E-state index in [9.17, 15) is 0 Å². The van der Waals surface area contributed by atoms with Crippen LogP contribution < -0.4 is 5.32 Å². The zero-order valence-corrected chi connectivity index (χ0v) is 15.4. The number of hydrogen-bond acceptors (Lipinski definition) is 3. The van der Waals surface area contributed by atoms with Crippen molar-refractivity contribution in [1.29, 1.82) is 0 Å². The van der Waals surface area contributed by atoms with Crippen LogP contribution in [0.25, 0.3) is 0 Å². The second-order valence-corrected chi connectivity index (χ2v) is 7.36. The number of hydrogen-bond donors (Lipinski definition) is 1. The maximum Gasteiger partial charge on any atom is 0.0223 e. The molecule has 1 heterocycles. The highest BCUT2D eigenvalue weighted by Gasteiger charge is 2.30. The Kier molecular flexibility index (Phi) is 8.22. The summed E-state index contributed by atoms with van der Waals surface area (Å²) in [6.45, 7) is 17.6. The van der Waals surface area contributed by atoms with Crippen molar-refractivity contribution in [2.75, 3.05) is 39.8 Å². The first-order valence-corrected chi connectivity index (χ1v) is 9.12. The molecule has 0 aromatic rings. The Morgan fingerprint density at radius 1 is 1.24 bits per heavy atom. The van der Waals surface area contributed by atoms with Crippen LogP contribution in [0.5, 0.6) is 0 Å². The summed E-state index contributed by atoms with van der Waals surface area (Å²) < 4.78 is 0. The van der Waals surface area contributed by atoms with E-state index in [4.69, 9.17) is 0 Å². The number of likely N-dealkylation sites (N-methyl/N-ethyl adjacent to an activating group) is 2. The molecule has 1 rings (SSSR count). The lowest BCUT2D eigenvalue weighted by Gasteiger charge is -2.38. The summed E-state index contributed by atoms with van der Waals surface area (Å²) in [7, 11) is 2.32. The van der Waals surface area contributed by atoms with E-state index >= 15 is 0 Å². The molecule has 0 saturated carbocycles. The summed E-state index contributed by atoms with van der Waals surface area (Å²) in [6, 6.07) is 1.36. The normalized spacial score (nSPS) is 20.9. The molecule has 1 unspecified atom stereocenters. The molecule has 0 radical (unpaired) electrons. The van der Waals surface area contributed by atoms with Gasteiger partial charge in [0, 0.05) is 31.7 Å². The molecule has 0 amide bonds. The number of rotatable bonds is 10. The topological polar surface area (TPSA) is 18.5 Å². The minimum absolute atomic E-state index is 0.425. The maximum absolute atomic E-state index is 3.67. The van der Waals surface area contributed by atoms with Gasteiger partial charge in [0.2, 0.25) is 0 Å². The van der Waals surface area contributed by atoms with Gasteiger partial charge in [-0.15, -0.1) is 0 Å². The molecule has 0 aromatic heterocycles. The van der Waals surface area contributed by atoms with E-state index in [0.717, 1.165) is 12.6 Å². The van der Waals surface area contributed by atoms with Gasteiger partial charge in [-0.2, -0.15) is 0 Å². The lowest BCUT2D eigenvalue weighted by molar-refractivity contribution is 0.124. The third kappa shape index (κ3) is 5.88. The Hall–Kier alpha value is -0.120. The fourth-order valence-electron chi connectivity index (χ4n) is 3.72. The molecule has 21 heavy (non-hydrogen) atoms. The van der Waals surface area contributed by atoms with Crippen molar-refractivity contribution in [3.05, 3.63) is 0 Å². The fraction of sp³-hybridized carbons (Fsp3) is 1.00. The summed E-state index contributed by atoms with van der Waals surface area (Å²) in [5.74, 6) is 0. The van der Waals surface area contributed by atoms with Crippen molar-refractivity contribution in [3.8, 4) is 0 Å². The Morgan fingerprint density at radius 3 is 2.43 bits per heavy atom. The Morgan fingerprint density at radius 2 is 1.90 bits per heavy atom. The highest BCUT2D eigenvalue weighted by atomic mass is 15.2. The molecule has 0 spiro atoms. The molecule has 1 fully saturated rings. The van der Waals surface area contributed by atoms with Crippen molar-refractivity contribution in [2.45, 2.75) is 72.4 Å². The maximum atomic E-state index is 3.67. The molecule has 3 heteroatoms. The molecule has 0 aliphatic carbocycles. The van der Waals surface area contributed by atoms with Gasteiger partial charge < -0.3 is 10.2 Å². The largest absolute Gasteiger partial charge is 0.314 e. The van der Waals surface area contributed by atoms with E-state index in [2.05, 4.69) is 56.8 Å². The summed E-state index contributed by atoms with van der Waals surface area (Å²) >= 11 is 0. The van der Waals surface area contributed by atoms with Crippen LogP contribution in [-0.4, -0.2) is 61.7 Å². The van der Waals surface area contributed by atoms with Crippen LogP contribution in [0.1, 0.15) is 60.3 Å². The first kappa shape index (κ1) is 18.9. The predicted molar refractivity (Wildman–Crippen MR) is 93.9 cm³/mol. The predicted octanol–water partition coefficient (Wildman–Crippen LogP) is 3.21. The first-order chi connectivity index (χ1) is 9.96. The molecule has 1 saturated heterocycles. The summed E-state index contributed by atoms with van der Waals surface area (Å²) in [5.41, 5.74) is 0.425.